The molecule has 0 saturated heterocycles. The number of halogens is 1. The molecule has 5 heteroatoms. The molecule has 3 rings (SSSR count). The molecule has 0 aliphatic carbocycles. The molecule has 1 heterocycles. The Hall–Kier alpha value is -2.59. The number of carbonyl (C=O) groups is 2. The zero-order valence-electron chi connectivity index (χ0n) is 12.6. The number of hydrogen-bond donors (Lipinski definition) is 1. The molecule has 0 unspecified atom stereocenters. The van der Waals surface area contributed by atoms with Gasteiger partial charge in [-0.25, -0.2) is 0 Å². The first-order valence-corrected chi connectivity index (χ1v) is 7.44. The van der Waals surface area contributed by atoms with Crippen LogP contribution in [0.2, 0.25) is 5.02 Å². The fourth-order valence-electron chi connectivity index (χ4n) is 2.37. The van der Waals surface area contributed by atoms with Gasteiger partial charge in [0, 0.05) is 22.9 Å². The SMILES string of the molecule is CC(=O)Nc1c(C(=O)c2ccc(C)cc2)oc2ccc(Cl)cc12. The van der Waals surface area contributed by atoms with Crippen molar-refractivity contribution in [2.45, 2.75) is 13.8 Å². The predicted octanol–water partition coefficient (Wildman–Crippen LogP) is 4.58. The molecule has 1 amide bonds. The minimum Gasteiger partial charge on any atom is -0.450 e. The summed E-state index contributed by atoms with van der Waals surface area (Å²) in [5, 5.41) is 3.77. The Morgan fingerprint density at radius 1 is 1.09 bits per heavy atom. The number of furan rings is 1. The number of ketones is 1. The van der Waals surface area contributed by atoms with Crippen LogP contribution in [0.5, 0.6) is 0 Å². The van der Waals surface area contributed by atoms with Crippen LogP contribution >= 0.6 is 11.6 Å². The topological polar surface area (TPSA) is 59.3 Å². The second-order valence-electron chi connectivity index (χ2n) is 5.32. The van der Waals surface area contributed by atoms with Crippen LogP contribution in [0.1, 0.15) is 28.6 Å². The maximum atomic E-state index is 12.7. The average Bonchev–Trinajstić information content (AvgIpc) is 2.85. The van der Waals surface area contributed by atoms with Gasteiger partial charge in [-0.2, -0.15) is 0 Å². The minimum atomic E-state index is -0.291. The molecular formula is C18H14ClNO3. The first-order valence-electron chi connectivity index (χ1n) is 7.06. The van der Waals surface area contributed by atoms with Crippen molar-refractivity contribution in [3.05, 3.63) is 64.4 Å². The Balaban J connectivity index is 2.17. The maximum absolute atomic E-state index is 12.7. The van der Waals surface area contributed by atoms with Crippen LogP contribution in [0.4, 0.5) is 5.69 Å². The Morgan fingerprint density at radius 3 is 2.43 bits per heavy atom. The van der Waals surface area contributed by atoms with Gasteiger partial charge in [-0.3, -0.25) is 9.59 Å². The summed E-state index contributed by atoms with van der Waals surface area (Å²) >= 11 is 6.01. The molecule has 23 heavy (non-hydrogen) atoms. The third kappa shape index (κ3) is 2.98. The van der Waals surface area contributed by atoms with Crippen LogP contribution in [0.3, 0.4) is 0 Å². The van der Waals surface area contributed by atoms with Gasteiger partial charge in [0.25, 0.3) is 0 Å². The summed E-state index contributed by atoms with van der Waals surface area (Å²) in [4.78, 5) is 24.2. The van der Waals surface area contributed by atoms with E-state index in [-0.39, 0.29) is 17.5 Å². The molecule has 1 N–H and O–H groups in total. The number of benzene rings is 2. The zero-order chi connectivity index (χ0) is 16.6. The number of rotatable bonds is 3. The van der Waals surface area contributed by atoms with E-state index >= 15 is 0 Å². The molecule has 0 aliphatic rings. The van der Waals surface area contributed by atoms with Gasteiger partial charge in [0.05, 0.1) is 5.69 Å². The number of hydrogen-bond acceptors (Lipinski definition) is 3. The van der Waals surface area contributed by atoms with E-state index in [2.05, 4.69) is 5.32 Å². The third-order valence-electron chi connectivity index (χ3n) is 3.47. The standard InChI is InChI=1S/C18H14ClNO3/c1-10-3-5-12(6-4-10)17(22)18-16(20-11(2)21)14-9-13(19)7-8-15(14)23-18/h3-9H,1-2H3,(H,20,21). The Labute approximate surface area is 138 Å². The van der Waals surface area contributed by atoms with Gasteiger partial charge >= 0.3 is 0 Å². The molecule has 0 spiro atoms. The highest BCUT2D eigenvalue weighted by Crippen LogP contribution is 2.34. The fraction of sp³-hybridized carbons (Fsp3) is 0.111. The van der Waals surface area contributed by atoms with Crippen LogP contribution < -0.4 is 5.32 Å². The molecule has 4 nitrogen and oxygen atoms in total. The van der Waals surface area contributed by atoms with Gasteiger partial charge in [0.1, 0.15) is 5.58 Å². The molecule has 0 fully saturated rings. The molecule has 116 valence electrons. The van der Waals surface area contributed by atoms with Gasteiger partial charge in [0.15, 0.2) is 5.76 Å². The summed E-state index contributed by atoms with van der Waals surface area (Å²) in [5.41, 5.74) is 2.39. The summed E-state index contributed by atoms with van der Waals surface area (Å²) in [6.07, 6.45) is 0. The van der Waals surface area contributed by atoms with Crippen LogP contribution in [-0.4, -0.2) is 11.7 Å². The van der Waals surface area contributed by atoms with E-state index in [1.807, 2.05) is 19.1 Å². The lowest BCUT2D eigenvalue weighted by molar-refractivity contribution is -0.114. The molecule has 1 aromatic heterocycles. The predicted molar refractivity (Wildman–Crippen MR) is 90.1 cm³/mol. The van der Waals surface area contributed by atoms with E-state index < -0.39 is 0 Å². The lowest BCUT2D eigenvalue weighted by Crippen LogP contribution is -2.10. The van der Waals surface area contributed by atoms with Gasteiger partial charge in [-0.1, -0.05) is 41.4 Å². The van der Waals surface area contributed by atoms with Crippen molar-refractivity contribution in [3.63, 3.8) is 0 Å². The van der Waals surface area contributed by atoms with Crippen LogP contribution in [0.15, 0.2) is 46.9 Å². The van der Waals surface area contributed by atoms with Crippen molar-refractivity contribution in [2.75, 3.05) is 5.32 Å². The highest BCUT2D eigenvalue weighted by atomic mass is 35.5. The van der Waals surface area contributed by atoms with E-state index in [9.17, 15) is 9.59 Å². The highest BCUT2D eigenvalue weighted by Gasteiger charge is 2.22. The zero-order valence-corrected chi connectivity index (χ0v) is 13.4. The van der Waals surface area contributed by atoms with Gasteiger partial charge < -0.3 is 9.73 Å². The van der Waals surface area contributed by atoms with Crippen molar-refractivity contribution in [2.24, 2.45) is 0 Å². The number of carbonyl (C=O) groups excluding carboxylic acids is 2. The number of nitrogens with one attached hydrogen (secondary N) is 1. The molecule has 0 atom stereocenters. The number of aryl methyl sites for hydroxylation is 1. The summed E-state index contributed by atoms with van der Waals surface area (Å²) in [6.45, 7) is 3.32. The third-order valence-corrected chi connectivity index (χ3v) is 3.71. The second kappa shape index (κ2) is 5.89. The minimum absolute atomic E-state index is 0.0984. The molecule has 3 aromatic rings. The van der Waals surface area contributed by atoms with Crippen LogP contribution in [0, 0.1) is 6.92 Å². The smallest absolute Gasteiger partial charge is 0.230 e. The Morgan fingerprint density at radius 2 is 1.78 bits per heavy atom. The second-order valence-corrected chi connectivity index (χ2v) is 5.76. The van der Waals surface area contributed by atoms with E-state index in [1.165, 1.54) is 6.92 Å². The fourth-order valence-corrected chi connectivity index (χ4v) is 2.54. The average molecular weight is 328 g/mol. The molecule has 0 saturated carbocycles. The lowest BCUT2D eigenvalue weighted by atomic mass is 10.1. The van der Waals surface area contributed by atoms with Crippen LogP contribution in [0.25, 0.3) is 11.0 Å². The van der Waals surface area contributed by atoms with E-state index in [1.54, 1.807) is 30.3 Å². The first-order chi connectivity index (χ1) is 11.0. The molecule has 0 radical (unpaired) electrons. The van der Waals surface area contributed by atoms with E-state index in [4.69, 9.17) is 16.0 Å². The van der Waals surface area contributed by atoms with E-state index in [0.717, 1.165) is 5.56 Å². The number of anilines is 1. The van der Waals surface area contributed by atoms with Crippen molar-refractivity contribution < 1.29 is 14.0 Å². The molecule has 0 bridgehead atoms. The number of amides is 1. The Bertz CT molecular complexity index is 910. The number of fused-ring (bicyclic) bond motifs is 1. The normalized spacial score (nSPS) is 10.7. The van der Waals surface area contributed by atoms with Crippen molar-refractivity contribution in [3.8, 4) is 0 Å². The van der Waals surface area contributed by atoms with Gasteiger partial charge in [0.2, 0.25) is 11.7 Å². The van der Waals surface area contributed by atoms with Crippen molar-refractivity contribution in [1.82, 2.24) is 0 Å². The summed E-state index contributed by atoms with van der Waals surface area (Å²) in [7, 11) is 0. The van der Waals surface area contributed by atoms with Crippen LogP contribution in [-0.2, 0) is 4.79 Å². The van der Waals surface area contributed by atoms with Crippen molar-refractivity contribution in [1.29, 1.82) is 0 Å². The molecular weight excluding hydrogens is 314 g/mol. The van der Waals surface area contributed by atoms with Gasteiger partial charge in [-0.05, 0) is 25.1 Å². The Kier molecular flexibility index (Phi) is 3.92. The van der Waals surface area contributed by atoms with Gasteiger partial charge in [-0.15, -0.1) is 0 Å². The largest absolute Gasteiger partial charge is 0.450 e. The first kappa shape index (κ1) is 15.3. The molecule has 2 aromatic carbocycles. The quantitative estimate of drug-likeness (QED) is 0.716. The molecule has 0 aliphatic heterocycles. The summed E-state index contributed by atoms with van der Waals surface area (Å²) in [5.74, 6) is -0.479. The monoisotopic (exact) mass is 327 g/mol. The maximum Gasteiger partial charge on any atom is 0.230 e. The highest BCUT2D eigenvalue weighted by molar-refractivity contribution is 6.31. The van der Waals surface area contributed by atoms with Crippen molar-refractivity contribution >= 4 is 39.9 Å². The van der Waals surface area contributed by atoms with E-state index in [0.29, 0.717) is 27.2 Å². The summed E-state index contributed by atoms with van der Waals surface area (Å²) < 4.78 is 5.68. The summed E-state index contributed by atoms with van der Waals surface area (Å²) in [6, 6.07) is 12.2. The lowest BCUT2D eigenvalue weighted by Gasteiger charge is -2.04.